The molecule has 0 bridgehead atoms. The molecular formula is C23H22FN3O2. The number of aryl methyl sites for hydroxylation is 1. The van der Waals surface area contributed by atoms with Crippen molar-refractivity contribution >= 4 is 5.91 Å². The van der Waals surface area contributed by atoms with Crippen LogP contribution in [0.3, 0.4) is 0 Å². The zero-order valence-corrected chi connectivity index (χ0v) is 16.5. The molecule has 29 heavy (non-hydrogen) atoms. The SMILES string of the molecule is COc1ccc(-c2nc(C)nc3c2CCN(C(=O)c2ccccc2F)CC3)cc1. The zero-order chi connectivity index (χ0) is 20.4. The van der Waals surface area contributed by atoms with Crippen LogP contribution in [0.2, 0.25) is 0 Å². The maximum Gasteiger partial charge on any atom is 0.256 e. The van der Waals surface area contributed by atoms with E-state index in [4.69, 9.17) is 4.74 Å². The molecule has 2 heterocycles. The Morgan fingerprint density at radius 3 is 2.48 bits per heavy atom. The molecule has 0 saturated carbocycles. The van der Waals surface area contributed by atoms with Gasteiger partial charge in [0.15, 0.2) is 0 Å². The molecule has 1 aromatic heterocycles. The summed E-state index contributed by atoms with van der Waals surface area (Å²) in [4.78, 5) is 23.9. The lowest BCUT2D eigenvalue weighted by molar-refractivity contribution is 0.0758. The minimum absolute atomic E-state index is 0.107. The number of hydrogen-bond acceptors (Lipinski definition) is 4. The molecular weight excluding hydrogens is 369 g/mol. The Kier molecular flexibility index (Phi) is 5.25. The van der Waals surface area contributed by atoms with E-state index in [1.165, 1.54) is 12.1 Å². The van der Waals surface area contributed by atoms with E-state index in [0.717, 1.165) is 28.3 Å². The predicted octanol–water partition coefficient (Wildman–Crippen LogP) is 3.84. The number of fused-ring (bicyclic) bond motifs is 1. The first-order valence-corrected chi connectivity index (χ1v) is 9.61. The molecule has 3 aromatic rings. The second-order valence-corrected chi connectivity index (χ2v) is 7.05. The van der Waals surface area contributed by atoms with Gasteiger partial charge in [-0.05, 0) is 49.7 Å². The third kappa shape index (κ3) is 3.83. The van der Waals surface area contributed by atoms with E-state index in [9.17, 15) is 9.18 Å². The van der Waals surface area contributed by atoms with Gasteiger partial charge < -0.3 is 9.64 Å². The molecule has 148 valence electrons. The van der Waals surface area contributed by atoms with Crippen LogP contribution >= 0.6 is 0 Å². The average Bonchev–Trinajstić information content (AvgIpc) is 2.96. The summed E-state index contributed by atoms with van der Waals surface area (Å²) in [5.41, 5.74) is 3.98. The summed E-state index contributed by atoms with van der Waals surface area (Å²) in [5, 5.41) is 0. The Hall–Kier alpha value is -3.28. The number of methoxy groups -OCH3 is 1. The van der Waals surface area contributed by atoms with Crippen LogP contribution < -0.4 is 4.74 Å². The average molecular weight is 391 g/mol. The topological polar surface area (TPSA) is 55.3 Å². The predicted molar refractivity (Wildman–Crippen MR) is 108 cm³/mol. The largest absolute Gasteiger partial charge is 0.497 e. The fourth-order valence-corrected chi connectivity index (χ4v) is 3.72. The van der Waals surface area contributed by atoms with Gasteiger partial charge in [-0.3, -0.25) is 4.79 Å². The van der Waals surface area contributed by atoms with Crippen LogP contribution in [0.4, 0.5) is 4.39 Å². The van der Waals surface area contributed by atoms with Gasteiger partial charge in [0.25, 0.3) is 5.91 Å². The zero-order valence-electron chi connectivity index (χ0n) is 16.5. The molecule has 0 fully saturated rings. The minimum Gasteiger partial charge on any atom is -0.497 e. The molecule has 4 rings (SSSR count). The Labute approximate surface area is 169 Å². The van der Waals surface area contributed by atoms with Crippen molar-refractivity contribution in [1.29, 1.82) is 0 Å². The number of aromatic nitrogens is 2. The summed E-state index contributed by atoms with van der Waals surface area (Å²) in [6.07, 6.45) is 1.24. The van der Waals surface area contributed by atoms with Gasteiger partial charge in [-0.1, -0.05) is 12.1 Å². The molecule has 2 aromatic carbocycles. The number of benzene rings is 2. The highest BCUT2D eigenvalue weighted by Crippen LogP contribution is 2.28. The van der Waals surface area contributed by atoms with Crippen molar-refractivity contribution in [3.8, 4) is 17.0 Å². The van der Waals surface area contributed by atoms with E-state index in [2.05, 4.69) is 9.97 Å². The van der Waals surface area contributed by atoms with Crippen LogP contribution in [-0.2, 0) is 12.8 Å². The fourth-order valence-electron chi connectivity index (χ4n) is 3.72. The third-order valence-corrected chi connectivity index (χ3v) is 5.21. The van der Waals surface area contributed by atoms with Gasteiger partial charge in [0.2, 0.25) is 0 Å². The molecule has 0 unspecified atom stereocenters. The lowest BCUT2D eigenvalue weighted by Gasteiger charge is -2.20. The van der Waals surface area contributed by atoms with Gasteiger partial charge in [-0.15, -0.1) is 0 Å². The summed E-state index contributed by atoms with van der Waals surface area (Å²) >= 11 is 0. The van der Waals surface area contributed by atoms with Gasteiger partial charge in [0.1, 0.15) is 17.4 Å². The van der Waals surface area contributed by atoms with Gasteiger partial charge >= 0.3 is 0 Å². The number of carbonyl (C=O) groups excluding carboxylic acids is 1. The quantitative estimate of drug-likeness (QED) is 0.681. The number of halogens is 1. The molecule has 1 amide bonds. The number of rotatable bonds is 3. The van der Waals surface area contributed by atoms with Crippen LogP contribution in [0.1, 0.15) is 27.4 Å². The molecule has 0 saturated heterocycles. The van der Waals surface area contributed by atoms with E-state index in [1.54, 1.807) is 24.1 Å². The first-order chi connectivity index (χ1) is 14.1. The normalized spacial score (nSPS) is 13.6. The second-order valence-electron chi connectivity index (χ2n) is 7.05. The smallest absolute Gasteiger partial charge is 0.256 e. The van der Waals surface area contributed by atoms with E-state index >= 15 is 0 Å². The summed E-state index contributed by atoms with van der Waals surface area (Å²) in [7, 11) is 1.64. The molecule has 1 aliphatic rings. The minimum atomic E-state index is -0.492. The van der Waals surface area contributed by atoms with Gasteiger partial charge in [0.05, 0.1) is 18.4 Å². The summed E-state index contributed by atoms with van der Waals surface area (Å²) in [6, 6.07) is 13.9. The molecule has 0 N–H and O–H groups in total. The molecule has 0 aliphatic carbocycles. The second kappa shape index (κ2) is 7.99. The first kappa shape index (κ1) is 19.1. The maximum absolute atomic E-state index is 14.1. The Morgan fingerprint density at radius 2 is 1.76 bits per heavy atom. The lowest BCUT2D eigenvalue weighted by atomic mass is 10.0. The molecule has 6 heteroatoms. The molecule has 1 aliphatic heterocycles. The van der Waals surface area contributed by atoms with Crippen LogP contribution in [0.25, 0.3) is 11.3 Å². The van der Waals surface area contributed by atoms with Crippen molar-refractivity contribution in [1.82, 2.24) is 14.9 Å². The Balaban J connectivity index is 1.64. The van der Waals surface area contributed by atoms with Crippen molar-refractivity contribution < 1.29 is 13.9 Å². The highest BCUT2D eigenvalue weighted by atomic mass is 19.1. The monoisotopic (exact) mass is 391 g/mol. The van der Waals surface area contributed by atoms with Crippen LogP contribution in [0.15, 0.2) is 48.5 Å². The van der Waals surface area contributed by atoms with Crippen molar-refractivity contribution in [2.24, 2.45) is 0 Å². The highest BCUT2D eigenvalue weighted by Gasteiger charge is 2.25. The molecule has 5 nitrogen and oxygen atoms in total. The summed E-state index contributed by atoms with van der Waals surface area (Å²) < 4.78 is 19.3. The number of nitrogens with zero attached hydrogens (tertiary/aromatic N) is 3. The maximum atomic E-state index is 14.1. The highest BCUT2D eigenvalue weighted by molar-refractivity contribution is 5.94. The summed E-state index contributed by atoms with van der Waals surface area (Å²) in [6.45, 7) is 2.87. The van der Waals surface area contributed by atoms with Crippen molar-refractivity contribution in [3.63, 3.8) is 0 Å². The third-order valence-electron chi connectivity index (χ3n) is 5.21. The van der Waals surface area contributed by atoms with Gasteiger partial charge in [-0.2, -0.15) is 0 Å². The first-order valence-electron chi connectivity index (χ1n) is 9.61. The number of carbonyl (C=O) groups is 1. The summed E-state index contributed by atoms with van der Waals surface area (Å²) in [5.74, 6) is 0.705. The molecule has 0 spiro atoms. The Bertz CT molecular complexity index is 1050. The molecule has 0 atom stereocenters. The van der Waals surface area contributed by atoms with Crippen molar-refractivity contribution in [3.05, 3.63) is 77.0 Å². The van der Waals surface area contributed by atoms with Crippen molar-refractivity contribution in [2.45, 2.75) is 19.8 Å². The fraction of sp³-hybridized carbons (Fsp3) is 0.261. The van der Waals surface area contributed by atoms with Crippen LogP contribution in [0.5, 0.6) is 5.75 Å². The number of ether oxygens (including phenoxy) is 1. The Morgan fingerprint density at radius 1 is 1.03 bits per heavy atom. The number of hydrogen-bond donors (Lipinski definition) is 0. The van der Waals surface area contributed by atoms with E-state index < -0.39 is 5.82 Å². The van der Waals surface area contributed by atoms with Gasteiger partial charge in [0, 0.05) is 36.3 Å². The van der Waals surface area contributed by atoms with E-state index in [0.29, 0.717) is 31.8 Å². The molecule has 0 radical (unpaired) electrons. The lowest BCUT2D eigenvalue weighted by Crippen LogP contribution is -2.33. The van der Waals surface area contributed by atoms with Crippen LogP contribution in [0, 0.1) is 12.7 Å². The van der Waals surface area contributed by atoms with E-state index in [-0.39, 0.29) is 11.5 Å². The van der Waals surface area contributed by atoms with Crippen LogP contribution in [-0.4, -0.2) is 41.0 Å². The van der Waals surface area contributed by atoms with E-state index in [1.807, 2.05) is 31.2 Å². The van der Waals surface area contributed by atoms with Gasteiger partial charge in [-0.25, -0.2) is 14.4 Å². The van der Waals surface area contributed by atoms with Crippen molar-refractivity contribution in [2.75, 3.05) is 20.2 Å². The standard InChI is InChI=1S/C23H22FN3O2/c1-15-25-21-12-14-27(23(28)18-5-3-4-6-20(18)24)13-11-19(21)22(26-15)16-7-9-17(29-2)10-8-16/h3-10H,11-14H2,1-2H3. The number of amides is 1.